The van der Waals surface area contributed by atoms with Gasteiger partial charge in [-0.25, -0.2) is 14.4 Å². The Bertz CT molecular complexity index is 1100. The molecule has 1 atom stereocenters. The van der Waals surface area contributed by atoms with Crippen LogP contribution >= 0.6 is 0 Å². The largest absolute Gasteiger partial charge is 0.348 e. The number of benzene rings is 1. The fourth-order valence-electron chi connectivity index (χ4n) is 4.22. The van der Waals surface area contributed by atoms with Gasteiger partial charge in [-0.15, -0.1) is 0 Å². The summed E-state index contributed by atoms with van der Waals surface area (Å²) in [6.07, 6.45) is 5.99. The molecule has 1 amide bonds. The van der Waals surface area contributed by atoms with Crippen LogP contribution in [-0.2, 0) is 13.1 Å². The first-order valence-electron chi connectivity index (χ1n) is 11.5. The number of nitrogens with one attached hydrogen (secondary N) is 1. The zero-order valence-electron chi connectivity index (χ0n) is 19.4. The first-order valence-corrected chi connectivity index (χ1v) is 11.5. The number of carbonyl (C=O) groups is 1. The van der Waals surface area contributed by atoms with Crippen molar-refractivity contribution in [3.8, 4) is 0 Å². The van der Waals surface area contributed by atoms with Gasteiger partial charge in [0.05, 0.1) is 23.0 Å². The van der Waals surface area contributed by atoms with Crippen molar-refractivity contribution in [3.05, 3.63) is 88.5 Å². The highest BCUT2D eigenvalue weighted by molar-refractivity contribution is 5.95. The minimum absolute atomic E-state index is 0.179. The summed E-state index contributed by atoms with van der Waals surface area (Å²) in [5, 5.41) is 2.89. The number of aromatic nitrogens is 3. The number of aryl methyl sites for hydroxylation is 1. The number of likely N-dealkylation sites (tertiary alicyclic amines) is 1. The Hall–Kier alpha value is -3.19. The van der Waals surface area contributed by atoms with Crippen molar-refractivity contribution >= 4 is 5.91 Å². The highest BCUT2D eigenvalue weighted by atomic mass is 19.1. The first kappa shape index (κ1) is 23.0. The molecule has 172 valence electrons. The van der Waals surface area contributed by atoms with Crippen LogP contribution in [0, 0.1) is 12.7 Å². The van der Waals surface area contributed by atoms with Crippen LogP contribution < -0.4 is 5.32 Å². The van der Waals surface area contributed by atoms with Gasteiger partial charge in [0.25, 0.3) is 5.91 Å². The normalized spacial score (nSPS) is 16.3. The molecule has 1 saturated heterocycles. The Morgan fingerprint density at radius 3 is 2.52 bits per heavy atom. The molecular formula is C26H30FN5O. The van der Waals surface area contributed by atoms with E-state index >= 15 is 0 Å². The van der Waals surface area contributed by atoms with Gasteiger partial charge in [0.2, 0.25) is 0 Å². The number of carbonyl (C=O) groups excluding carboxylic acids is 1. The lowest BCUT2D eigenvalue weighted by atomic mass is 10.1. The second-order valence-electron chi connectivity index (χ2n) is 8.91. The van der Waals surface area contributed by atoms with E-state index in [1.807, 2.05) is 31.5 Å². The molecule has 0 bridgehead atoms. The molecule has 1 aliphatic heterocycles. The standard InChI is InChI=1S/C26H30FN5O/c1-17(2)25-28-14-20(15-29-25)16-32-12-4-5-24(32)23-11-10-22(18(3)31-23)26(33)30-13-19-6-8-21(27)9-7-19/h6-11,14-15,17,24H,4-5,12-13,16H2,1-3H3,(H,30,33). The molecule has 6 nitrogen and oxygen atoms in total. The number of halogens is 1. The van der Waals surface area contributed by atoms with Gasteiger partial charge < -0.3 is 5.32 Å². The summed E-state index contributed by atoms with van der Waals surface area (Å²) >= 11 is 0. The van der Waals surface area contributed by atoms with E-state index < -0.39 is 0 Å². The lowest BCUT2D eigenvalue weighted by molar-refractivity contribution is 0.0949. The third-order valence-electron chi connectivity index (χ3n) is 6.05. The Balaban J connectivity index is 1.41. The van der Waals surface area contributed by atoms with Crippen molar-refractivity contribution in [2.75, 3.05) is 6.54 Å². The molecule has 3 aromatic rings. The molecule has 2 aromatic heterocycles. The van der Waals surface area contributed by atoms with Gasteiger partial charge in [0.1, 0.15) is 11.6 Å². The maximum Gasteiger partial charge on any atom is 0.253 e. The van der Waals surface area contributed by atoms with Crippen molar-refractivity contribution in [3.63, 3.8) is 0 Å². The fourth-order valence-corrected chi connectivity index (χ4v) is 4.22. The van der Waals surface area contributed by atoms with E-state index in [1.54, 1.807) is 12.1 Å². The van der Waals surface area contributed by atoms with Crippen LogP contribution in [0.4, 0.5) is 4.39 Å². The molecule has 0 aliphatic carbocycles. The molecule has 3 heterocycles. The number of nitrogens with zero attached hydrogens (tertiary/aromatic N) is 4. The van der Waals surface area contributed by atoms with Crippen LogP contribution in [-0.4, -0.2) is 32.3 Å². The molecule has 0 spiro atoms. The van der Waals surface area contributed by atoms with E-state index in [-0.39, 0.29) is 17.8 Å². The molecule has 7 heteroatoms. The summed E-state index contributed by atoms with van der Waals surface area (Å²) in [5.74, 6) is 0.711. The zero-order chi connectivity index (χ0) is 23.4. The van der Waals surface area contributed by atoms with Crippen molar-refractivity contribution in [1.29, 1.82) is 0 Å². The van der Waals surface area contributed by atoms with Crippen LogP contribution in [0.25, 0.3) is 0 Å². The summed E-state index contributed by atoms with van der Waals surface area (Å²) in [6, 6.07) is 10.1. The summed E-state index contributed by atoms with van der Waals surface area (Å²) in [7, 11) is 0. The molecule has 1 aromatic carbocycles. The summed E-state index contributed by atoms with van der Waals surface area (Å²) in [4.78, 5) is 28.8. The number of pyridine rings is 1. The SMILES string of the molecule is Cc1nc(C2CCCN2Cc2cnc(C(C)C)nc2)ccc1C(=O)NCc1ccc(F)cc1. The van der Waals surface area contributed by atoms with E-state index in [1.165, 1.54) is 12.1 Å². The smallest absolute Gasteiger partial charge is 0.253 e. The van der Waals surface area contributed by atoms with E-state index in [9.17, 15) is 9.18 Å². The molecule has 1 unspecified atom stereocenters. The summed E-state index contributed by atoms with van der Waals surface area (Å²) < 4.78 is 13.1. The predicted octanol–water partition coefficient (Wildman–Crippen LogP) is 4.71. The van der Waals surface area contributed by atoms with Crippen molar-refractivity contribution in [1.82, 2.24) is 25.2 Å². The third-order valence-corrected chi connectivity index (χ3v) is 6.05. The monoisotopic (exact) mass is 447 g/mol. The third kappa shape index (κ3) is 5.60. The van der Waals surface area contributed by atoms with E-state index in [4.69, 9.17) is 4.98 Å². The maximum atomic E-state index is 13.1. The Labute approximate surface area is 194 Å². The summed E-state index contributed by atoms with van der Waals surface area (Å²) in [5.41, 5.74) is 4.20. The molecular weight excluding hydrogens is 417 g/mol. The fraction of sp³-hybridized carbons (Fsp3) is 0.385. The molecule has 0 radical (unpaired) electrons. The predicted molar refractivity (Wildman–Crippen MR) is 125 cm³/mol. The second kappa shape index (κ2) is 10.2. The van der Waals surface area contributed by atoms with Crippen molar-refractivity contribution in [2.45, 2.75) is 58.7 Å². The van der Waals surface area contributed by atoms with Crippen LogP contribution in [0.15, 0.2) is 48.8 Å². The highest BCUT2D eigenvalue weighted by Gasteiger charge is 2.28. The van der Waals surface area contributed by atoms with Crippen LogP contribution in [0.2, 0.25) is 0 Å². The number of rotatable bonds is 7. The van der Waals surface area contributed by atoms with Crippen LogP contribution in [0.3, 0.4) is 0 Å². The first-order chi connectivity index (χ1) is 15.9. The number of hydrogen-bond donors (Lipinski definition) is 1. The average Bonchev–Trinajstić information content (AvgIpc) is 3.27. The maximum absolute atomic E-state index is 13.1. The van der Waals surface area contributed by atoms with E-state index in [0.29, 0.717) is 23.7 Å². The average molecular weight is 448 g/mol. The molecule has 1 N–H and O–H groups in total. The van der Waals surface area contributed by atoms with Crippen LogP contribution in [0.1, 0.15) is 77.3 Å². The summed E-state index contributed by atoms with van der Waals surface area (Å²) in [6.45, 7) is 8.17. The van der Waals surface area contributed by atoms with Gasteiger partial charge in [-0.2, -0.15) is 0 Å². The van der Waals surface area contributed by atoms with E-state index in [0.717, 1.165) is 48.6 Å². The minimum Gasteiger partial charge on any atom is -0.348 e. The van der Waals surface area contributed by atoms with Gasteiger partial charge in [-0.3, -0.25) is 14.7 Å². The Kier molecular flexibility index (Phi) is 7.08. The Morgan fingerprint density at radius 2 is 1.85 bits per heavy atom. The lowest BCUT2D eigenvalue weighted by Crippen LogP contribution is -2.26. The van der Waals surface area contributed by atoms with Gasteiger partial charge in [0, 0.05) is 37.0 Å². The highest BCUT2D eigenvalue weighted by Crippen LogP contribution is 2.32. The number of amides is 1. The van der Waals surface area contributed by atoms with Gasteiger partial charge in [0.15, 0.2) is 0 Å². The molecule has 4 rings (SSSR count). The van der Waals surface area contributed by atoms with Gasteiger partial charge in [-0.05, 0) is 56.1 Å². The number of hydrogen-bond acceptors (Lipinski definition) is 5. The van der Waals surface area contributed by atoms with Gasteiger partial charge in [-0.1, -0.05) is 26.0 Å². The van der Waals surface area contributed by atoms with Gasteiger partial charge >= 0.3 is 0 Å². The quantitative estimate of drug-likeness (QED) is 0.568. The topological polar surface area (TPSA) is 71.0 Å². The van der Waals surface area contributed by atoms with Crippen molar-refractivity contribution < 1.29 is 9.18 Å². The second-order valence-corrected chi connectivity index (χ2v) is 8.91. The molecule has 1 fully saturated rings. The molecule has 1 aliphatic rings. The Morgan fingerprint density at radius 1 is 1.12 bits per heavy atom. The minimum atomic E-state index is -0.290. The van der Waals surface area contributed by atoms with E-state index in [2.05, 4.69) is 34.0 Å². The molecule has 0 saturated carbocycles. The van der Waals surface area contributed by atoms with Crippen molar-refractivity contribution in [2.24, 2.45) is 0 Å². The molecule has 33 heavy (non-hydrogen) atoms. The zero-order valence-corrected chi connectivity index (χ0v) is 19.4. The lowest BCUT2D eigenvalue weighted by Gasteiger charge is -2.24. The van der Waals surface area contributed by atoms with Crippen LogP contribution in [0.5, 0.6) is 0 Å².